The summed E-state index contributed by atoms with van der Waals surface area (Å²) >= 11 is 0. The Balaban J connectivity index is 1.51. The van der Waals surface area contributed by atoms with Crippen molar-refractivity contribution in [3.8, 4) is 11.1 Å². The summed E-state index contributed by atoms with van der Waals surface area (Å²) in [6.07, 6.45) is 4.70. The highest BCUT2D eigenvalue weighted by Gasteiger charge is 2.42. The first-order chi connectivity index (χ1) is 14.2. The average Bonchev–Trinajstić information content (AvgIpc) is 2.71. The van der Waals surface area contributed by atoms with Crippen LogP contribution in [0, 0.1) is 5.92 Å². The molecule has 1 aliphatic heterocycles. The summed E-state index contributed by atoms with van der Waals surface area (Å²) in [6, 6.07) is 22.9. The van der Waals surface area contributed by atoms with Crippen molar-refractivity contribution in [3.05, 3.63) is 71.8 Å². The molecule has 1 atom stereocenters. The van der Waals surface area contributed by atoms with Crippen LogP contribution in [-0.4, -0.2) is 23.0 Å². The minimum Gasteiger partial charge on any atom is -0.296 e. The van der Waals surface area contributed by atoms with Gasteiger partial charge in [-0.2, -0.15) is 0 Å². The molecule has 1 fully saturated rings. The Labute approximate surface area is 185 Å². The van der Waals surface area contributed by atoms with Gasteiger partial charge in [-0.3, -0.25) is 4.90 Å². The Bertz CT molecular complexity index is 1010. The first-order valence-corrected chi connectivity index (χ1v) is 12.1. The van der Waals surface area contributed by atoms with Gasteiger partial charge in [0.25, 0.3) is 0 Å². The van der Waals surface area contributed by atoms with Crippen molar-refractivity contribution < 1.29 is 0 Å². The number of fused-ring (bicyclic) bond motifs is 1. The molecule has 0 spiro atoms. The Morgan fingerprint density at radius 2 is 1.30 bits per heavy atom. The second-order valence-electron chi connectivity index (χ2n) is 10.5. The molecular formula is C28H36NP. The second-order valence-corrected chi connectivity index (χ2v) is 10.9. The van der Waals surface area contributed by atoms with E-state index in [1.807, 2.05) is 0 Å². The molecule has 1 nitrogen and oxygen atoms in total. The van der Waals surface area contributed by atoms with E-state index in [2.05, 4.69) is 110 Å². The predicted octanol–water partition coefficient (Wildman–Crippen LogP) is 7.32. The SMILES string of the molecule is CN1C(C)(C)CC(Cc2ccc(-c3ccc4cc(CP)ccc4c3)cc2)CC1(C)C. The zero-order valence-electron chi connectivity index (χ0n) is 19.2. The fourth-order valence-corrected chi connectivity index (χ4v) is 5.74. The molecule has 158 valence electrons. The lowest BCUT2D eigenvalue weighted by Crippen LogP contribution is -2.58. The molecule has 0 aliphatic carbocycles. The number of likely N-dealkylation sites (tertiary alicyclic amines) is 1. The maximum absolute atomic E-state index is 2.81. The van der Waals surface area contributed by atoms with Crippen LogP contribution in [0.5, 0.6) is 0 Å². The third kappa shape index (κ3) is 4.34. The highest BCUT2D eigenvalue weighted by atomic mass is 31.0. The minimum atomic E-state index is 0.258. The smallest absolute Gasteiger partial charge is 0.0158 e. The summed E-state index contributed by atoms with van der Waals surface area (Å²) in [7, 11) is 5.10. The largest absolute Gasteiger partial charge is 0.296 e. The van der Waals surface area contributed by atoms with E-state index in [-0.39, 0.29) is 11.1 Å². The van der Waals surface area contributed by atoms with Crippen LogP contribution < -0.4 is 0 Å². The van der Waals surface area contributed by atoms with Crippen LogP contribution in [0.25, 0.3) is 21.9 Å². The van der Waals surface area contributed by atoms with Crippen LogP contribution >= 0.6 is 9.24 Å². The molecule has 4 rings (SSSR count). The summed E-state index contributed by atoms with van der Waals surface area (Å²) in [5.41, 5.74) is 5.95. The normalized spacial score (nSPS) is 19.3. The Hall–Kier alpha value is -1.69. The van der Waals surface area contributed by atoms with E-state index in [1.165, 1.54) is 52.3 Å². The summed E-state index contributed by atoms with van der Waals surface area (Å²) in [4.78, 5) is 2.57. The molecule has 1 unspecified atom stereocenters. The maximum Gasteiger partial charge on any atom is 0.0158 e. The highest BCUT2D eigenvalue weighted by Crippen LogP contribution is 2.41. The Kier molecular flexibility index (Phi) is 5.82. The summed E-state index contributed by atoms with van der Waals surface area (Å²) in [5, 5.41) is 2.64. The van der Waals surface area contributed by atoms with Crippen LogP contribution in [0.4, 0.5) is 0 Å². The van der Waals surface area contributed by atoms with Crippen molar-refractivity contribution in [2.24, 2.45) is 5.92 Å². The number of piperidine rings is 1. The number of hydrogen-bond donors (Lipinski definition) is 0. The van der Waals surface area contributed by atoms with E-state index < -0.39 is 0 Å². The van der Waals surface area contributed by atoms with E-state index >= 15 is 0 Å². The molecule has 1 heterocycles. The summed E-state index contributed by atoms with van der Waals surface area (Å²) in [6.45, 7) is 9.58. The van der Waals surface area contributed by atoms with Crippen molar-refractivity contribution in [1.82, 2.24) is 4.90 Å². The van der Waals surface area contributed by atoms with Gasteiger partial charge in [0.2, 0.25) is 0 Å². The summed E-state index contributed by atoms with van der Waals surface area (Å²) in [5.74, 6) is 0.739. The quantitative estimate of drug-likeness (QED) is 0.402. The van der Waals surface area contributed by atoms with Gasteiger partial charge in [0.1, 0.15) is 0 Å². The molecule has 0 amide bonds. The van der Waals surface area contributed by atoms with Gasteiger partial charge in [0.15, 0.2) is 0 Å². The topological polar surface area (TPSA) is 3.24 Å². The predicted molar refractivity (Wildman–Crippen MR) is 135 cm³/mol. The zero-order valence-corrected chi connectivity index (χ0v) is 20.4. The fourth-order valence-electron chi connectivity index (χ4n) is 5.49. The molecule has 2 heteroatoms. The van der Waals surface area contributed by atoms with E-state index in [0.717, 1.165) is 12.1 Å². The van der Waals surface area contributed by atoms with E-state index in [9.17, 15) is 0 Å². The van der Waals surface area contributed by atoms with Gasteiger partial charge < -0.3 is 0 Å². The van der Waals surface area contributed by atoms with Crippen molar-refractivity contribution in [3.63, 3.8) is 0 Å². The number of benzene rings is 3. The van der Waals surface area contributed by atoms with Crippen molar-refractivity contribution in [2.45, 2.75) is 64.2 Å². The van der Waals surface area contributed by atoms with E-state index in [1.54, 1.807) is 0 Å². The lowest BCUT2D eigenvalue weighted by molar-refractivity contribution is -0.0296. The van der Waals surface area contributed by atoms with Gasteiger partial charge in [-0.15, -0.1) is 9.24 Å². The van der Waals surface area contributed by atoms with Gasteiger partial charge in [-0.05, 0) is 105 Å². The number of rotatable bonds is 4. The molecule has 30 heavy (non-hydrogen) atoms. The molecular weight excluding hydrogens is 381 g/mol. The van der Waals surface area contributed by atoms with Gasteiger partial charge in [-0.1, -0.05) is 54.6 Å². The number of nitrogens with zero attached hydrogens (tertiary/aromatic N) is 1. The molecule has 1 saturated heterocycles. The Morgan fingerprint density at radius 3 is 1.93 bits per heavy atom. The fraction of sp³-hybridized carbons (Fsp3) is 0.429. The third-order valence-corrected chi connectivity index (χ3v) is 7.82. The van der Waals surface area contributed by atoms with Gasteiger partial charge in [0.05, 0.1) is 0 Å². The lowest BCUT2D eigenvalue weighted by atomic mass is 9.72. The lowest BCUT2D eigenvalue weighted by Gasteiger charge is -2.54. The van der Waals surface area contributed by atoms with Crippen LogP contribution in [0.3, 0.4) is 0 Å². The second kappa shape index (κ2) is 8.10. The average molecular weight is 418 g/mol. The van der Waals surface area contributed by atoms with Crippen molar-refractivity contribution in [2.75, 3.05) is 7.05 Å². The molecule has 0 aromatic heterocycles. The van der Waals surface area contributed by atoms with Crippen molar-refractivity contribution in [1.29, 1.82) is 0 Å². The monoisotopic (exact) mass is 417 g/mol. The molecule has 3 aromatic rings. The number of hydrogen-bond acceptors (Lipinski definition) is 1. The van der Waals surface area contributed by atoms with Crippen LogP contribution in [0.1, 0.15) is 51.7 Å². The molecule has 1 aliphatic rings. The van der Waals surface area contributed by atoms with Gasteiger partial charge >= 0.3 is 0 Å². The van der Waals surface area contributed by atoms with Crippen LogP contribution in [0.2, 0.25) is 0 Å². The van der Waals surface area contributed by atoms with Gasteiger partial charge in [0, 0.05) is 11.1 Å². The standard InChI is InChI=1S/C28H36NP/c1-27(2)17-22(18-28(3,4)29(27)5)14-20-6-9-23(10-7-20)25-13-12-24-15-21(19-30)8-11-26(24)16-25/h6-13,15-16,22H,14,17-19,30H2,1-5H3. The highest BCUT2D eigenvalue weighted by molar-refractivity contribution is 7.15. The van der Waals surface area contributed by atoms with Gasteiger partial charge in [-0.25, -0.2) is 0 Å². The molecule has 3 aromatic carbocycles. The first kappa shape index (κ1) is 21.5. The molecule has 0 saturated carbocycles. The molecule has 0 bridgehead atoms. The van der Waals surface area contributed by atoms with E-state index in [4.69, 9.17) is 0 Å². The Morgan fingerprint density at radius 1 is 0.767 bits per heavy atom. The zero-order chi connectivity index (χ0) is 21.5. The van der Waals surface area contributed by atoms with Crippen LogP contribution in [0.15, 0.2) is 60.7 Å². The third-order valence-electron chi connectivity index (χ3n) is 7.34. The minimum absolute atomic E-state index is 0.258. The van der Waals surface area contributed by atoms with E-state index in [0.29, 0.717) is 0 Å². The molecule has 0 N–H and O–H groups in total. The van der Waals surface area contributed by atoms with Crippen LogP contribution in [-0.2, 0) is 12.6 Å². The van der Waals surface area contributed by atoms with Crippen molar-refractivity contribution >= 4 is 20.0 Å². The summed E-state index contributed by atoms with van der Waals surface area (Å²) < 4.78 is 0. The maximum atomic E-state index is 2.81. The molecule has 0 radical (unpaired) electrons. The first-order valence-electron chi connectivity index (χ1n) is 11.2.